The Morgan fingerprint density at radius 2 is 1.73 bits per heavy atom. The van der Waals surface area contributed by atoms with Gasteiger partial charge in [0.05, 0.1) is 24.5 Å². The van der Waals surface area contributed by atoms with Crippen LogP contribution >= 0.6 is 34.5 Å². The number of pyridine rings is 1. The lowest BCUT2D eigenvalue weighted by Crippen LogP contribution is -2.21. The van der Waals surface area contributed by atoms with Crippen molar-refractivity contribution < 1.29 is 13.2 Å². The fourth-order valence-corrected chi connectivity index (χ4v) is 6.24. The van der Waals surface area contributed by atoms with Gasteiger partial charge in [-0.3, -0.25) is 9.78 Å². The Morgan fingerprint density at radius 3 is 2.40 bits per heavy atom. The van der Waals surface area contributed by atoms with E-state index in [2.05, 4.69) is 10.3 Å². The Bertz CT molecular complexity index is 1300. The zero-order valence-corrected chi connectivity index (χ0v) is 18.4. The van der Waals surface area contributed by atoms with Crippen LogP contribution in [0.2, 0.25) is 10.0 Å². The second-order valence-corrected chi connectivity index (χ2v) is 10.2. The number of amides is 1. The Kier molecular flexibility index (Phi) is 5.79. The van der Waals surface area contributed by atoms with Crippen LogP contribution in [0.25, 0.3) is 10.1 Å². The van der Waals surface area contributed by atoms with Crippen LogP contribution in [0.15, 0.2) is 76.8 Å². The monoisotopic (exact) mass is 476 g/mol. The standard InChI is InChI=1S/C21H14Cl2N2O3S2/c22-16-2-1-3-17(23)20(16)30(27,28)15-6-4-13(5-7-15)11-25-21(26)18-10-14-8-9-24-12-19(14)29-18/h1-10,12H,11H2,(H,25,26). The number of nitrogens with one attached hydrogen (secondary N) is 1. The maximum atomic E-state index is 12.9. The molecule has 4 aromatic rings. The molecule has 0 fully saturated rings. The third-order valence-electron chi connectivity index (χ3n) is 4.42. The normalized spacial score (nSPS) is 11.5. The van der Waals surface area contributed by atoms with Crippen LogP contribution < -0.4 is 5.32 Å². The van der Waals surface area contributed by atoms with Crippen LogP contribution in [0.1, 0.15) is 15.2 Å². The summed E-state index contributed by atoms with van der Waals surface area (Å²) in [6.45, 7) is 0.262. The molecular weight excluding hydrogens is 463 g/mol. The van der Waals surface area contributed by atoms with Gasteiger partial charge in [0.25, 0.3) is 5.91 Å². The van der Waals surface area contributed by atoms with Crippen LogP contribution in [0, 0.1) is 0 Å². The lowest BCUT2D eigenvalue weighted by molar-refractivity contribution is 0.0955. The maximum absolute atomic E-state index is 12.9. The molecule has 152 valence electrons. The lowest BCUT2D eigenvalue weighted by Gasteiger charge is -2.10. The van der Waals surface area contributed by atoms with Crippen molar-refractivity contribution >= 4 is 60.4 Å². The number of carbonyl (C=O) groups excluding carboxylic acids is 1. The highest BCUT2D eigenvalue weighted by Gasteiger charge is 2.23. The van der Waals surface area contributed by atoms with Gasteiger partial charge < -0.3 is 5.32 Å². The molecule has 0 saturated heterocycles. The summed E-state index contributed by atoms with van der Waals surface area (Å²) < 4.78 is 26.7. The van der Waals surface area contributed by atoms with Crippen LogP contribution in [-0.4, -0.2) is 19.3 Å². The zero-order chi connectivity index (χ0) is 21.3. The van der Waals surface area contributed by atoms with Gasteiger partial charge in [-0.05, 0) is 47.3 Å². The molecule has 2 aromatic carbocycles. The van der Waals surface area contributed by atoms with Crippen molar-refractivity contribution in [3.05, 3.63) is 87.5 Å². The number of halogens is 2. The summed E-state index contributed by atoms with van der Waals surface area (Å²) in [5, 5.41) is 3.94. The minimum atomic E-state index is -3.86. The van der Waals surface area contributed by atoms with Crippen molar-refractivity contribution in [2.24, 2.45) is 0 Å². The summed E-state index contributed by atoms with van der Waals surface area (Å²) in [4.78, 5) is 17.0. The third-order valence-corrected chi connectivity index (χ3v) is 8.23. The number of aromatic nitrogens is 1. The number of thiophene rings is 1. The van der Waals surface area contributed by atoms with Crippen molar-refractivity contribution in [1.82, 2.24) is 10.3 Å². The van der Waals surface area contributed by atoms with E-state index >= 15 is 0 Å². The largest absolute Gasteiger partial charge is 0.347 e. The fraction of sp³-hybridized carbons (Fsp3) is 0.0476. The van der Waals surface area contributed by atoms with Gasteiger partial charge in [0.2, 0.25) is 9.84 Å². The molecule has 1 amide bonds. The molecule has 5 nitrogen and oxygen atoms in total. The topological polar surface area (TPSA) is 76.1 Å². The molecule has 0 aliphatic heterocycles. The van der Waals surface area contributed by atoms with E-state index in [9.17, 15) is 13.2 Å². The number of sulfone groups is 1. The van der Waals surface area contributed by atoms with Gasteiger partial charge in [0.15, 0.2) is 0 Å². The summed E-state index contributed by atoms with van der Waals surface area (Å²) in [6, 6.07) is 14.5. The van der Waals surface area contributed by atoms with Crippen molar-refractivity contribution in [1.29, 1.82) is 0 Å². The lowest BCUT2D eigenvalue weighted by atomic mass is 10.2. The van der Waals surface area contributed by atoms with E-state index < -0.39 is 9.84 Å². The second-order valence-electron chi connectivity index (χ2n) is 6.40. The average Bonchev–Trinajstić information content (AvgIpc) is 3.16. The highest BCUT2D eigenvalue weighted by Crippen LogP contribution is 2.33. The van der Waals surface area contributed by atoms with E-state index in [1.54, 1.807) is 30.6 Å². The summed E-state index contributed by atoms with van der Waals surface area (Å²) >= 11 is 13.5. The molecule has 0 saturated carbocycles. The Morgan fingerprint density at radius 1 is 1.03 bits per heavy atom. The summed E-state index contributed by atoms with van der Waals surface area (Å²) in [6.07, 6.45) is 3.41. The molecule has 30 heavy (non-hydrogen) atoms. The first kappa shape index (κ1) is 20.8. The average molecular weight is 477 g/mol. The molecule has 0 atom stereocenters. The number of benzene rings is 2. The van der Waals surface area contributed by atoms with Gasteiger partial charge in [-0.2, -0.15) is 0 Å². The molecule has 0 unspecified atom stereocenters. The van der Waals surface area contributed by atoms with Gasteiger partial charge in [-0.15, -0.1) is 11.3 Å². The van der Waals surface area contributed by atoms with Gasteiger partial charge in [0.1, 0.15) is 4.90 Å². The molecule has 0 aliphatic rings. The fourth-order valence-electron chi connectivity index (χ4n) is 2.91. The van der Waals surface area contributed by atoms with Gasteiger partial charge in [0, 0.05) is 18.9 Å². The molecule has 2 heterocycles. The minimum absolute atomic E-state index is 0.0670. The number of hydrogen-bond acceptors (Lipinski definition) is 5. The molecule has 0 bridgehead atoms. The van der Waals surface area contributed by atoms with Gasteiger partial charge >= 0.3 is 0 Å². The summed E-state index contributed by atoms with van der Waals surface area (Å²) in [5.74, 6) is -0.198. The number of nitrogens with zero attached hydrogens (tertiary/aromatic N) is 1. The molecule has 0 spiro atoms. The van der Waals surface area contributed by atoms with E-state index in [0.717, 1.165) is 15.6 Å². The second kappa shape index (κ2) is 8.35. The van der Waals surface area contributed by atoms with E-state index in [4.69, 9.17) is 23.2 Å². The van der Waals surface area contributed by atoms with Crippen molar-refractivity contribution in [3.8, 4) is 0 Å². The minimum Gasteiger partial charge on any atom is -0.347 e. The first-order valence-electron chi connectivity index (χ1n) is 8.76. The molecule has 0 aliphatic carbocycles. The smallest absolute Gasteiger partial charge is 0.261 e. The summed E-state index contributed by atoms with van der Waals surface area (Å²) in [7, 11) is -3.86. The molecule has 2 aromatic heterocycles. The third kappa shape index (κ3) is 4.06. The number of hydrogen-bond donors (Lipinski definition) is 1. The highest BCUT2D eigenvalue weighted by molar-refractivity contribution is 7.91. The van der Waals surface area contributed by atoms with Crippen LogP contribution in [0.4, 0.5) is 0 Å². The predicted molar refractivity (Wildman–Crippen MR) is 119 cm³/mol. The van der Waals surface area contributed by atoms with E-state index in [0.29, 0.717) is 4.88 Å². The predicted octanol–water partition coefficient (Wildman–Crippen LogP) is 5.37. The Balaban J connectivity index is 1.49. The number of carbonyl (C=O) groups is 1. The summed E-state index contributed by atoms with van der Waals surface area (Å²) in [5.41, 5.74) is 0.760. The molecule has 4 rings (SSSR count). The van der Waals surface area contributed by atoms with Crippen molar-refractivity contribution in [2.75, 3.05) is 0 Å². The van der Waals surface area contributed by atoms with E-state index in [-0.39, 0.29) is 32.3 Å². The van der Waals surface area contributed by atoms with Crippen LogP contribution in [-0.2, 0) is 16.4 Å². The van der Waals surface area contributed by atoms with Crippen molar-refractivity contribution in [2.45, 2.75) is 16.3 Å². The molecule has 0 radical (unpaired) electrons. The Hall–Kier alpha value is -2.45. The maximum Gasteiger partial charge on any atom is 0.261 e. The van der Waals surface area contributed by atoms with Crippen LogP contribution in [0.3, 0.4) is 0 Å². The molecular formula is C21H14Cl2N2O3S2. The number of fused-ring (bicyclic) bond motifs is 1. The Labute approximate surface area is 187 Å². The van der Waals surface area contributed by atoms with E-state index in [1.165, 1.54) is 35.6 Å². The van der Waals surface area contributed by atoms with E-state index in [1.807, 2.05) is 12.1 Å². The van der Waals surface area contributed by atoms with Gasteiger partial charge in [-0.25, -0.2) is 8.42 Å². The van der Waals surface area contributed by atoms with Gasteiger partial charge in [-0.1, -0.05) is 41.4 Å². The zero-order valence-electron chi connectivity index (χ0n) is 15.3. The van der Waals surface area contributed by atoms with Crippen molar-refractivity contribution in [3.63, 3.8) is 0 Å². The first-order valence-corrected chi connectivity index (χ1v) is 11.8. The first-order chi connectivity index (χ1) is 14.4. The SMILES string of the molecule is O=C(NCc1ccc(S(=O)(=O)c2c(Cl)cccc2Cl)cc1)c1cc2ccncc2s1. The van der Waals surface area contributed by atoms with Crippen LogP contribution in [0.5, 0.6) is 0 Å². The highest BCUT2D eigenvalue weighted by atomic mass is 35.5. The number of rotatable bonds is 5. The quantitative estimate of drug-likeness (QED) is 0.420. The molecule has 9 heteroatoms. The molecule has 1 N–H and O–H groups in total.